The maximum absolute atomic E-state index is 10.5. The normalized spacial score (nSPS) is 9.07. The maximum atomic E-state index is 10.5. The molecule has 0 aliphatic carbocycles. The minimum absolute atomic E-state index is 0.379. The Balaban J connectivity index is 3.21. The van der Waals surface area contributed by atoms with Crippen LogP contribution in [-0.2, 0) is 0 Å². The van der Waals surface area contributed by atoms with Crippen LogP contribution in [0.3, 0.4) is 0 Å². The van der Waals surface area contributed by atoms with Crippen molar-refractivity contribution in [2.24, 2.45) is 0 Å². The van der Waals surface area contributed by atoms with Crippen molar-refractivity contribution >= 4 is 29.5 Å². The molecular formula is C11H8Cl2O. The molecule has 0 saturated carbocycles. The SMILES string of the molecule is CCC#Cc1cc(Cl)c(C=O)cc1Cl. The van der Waals surface area contributed by atoms with Crippen molar-refractivity contribution < 1.29 is 4.79 Å². The molecule has 0 fully saturated rings. The third-order valence-corrected chi connectivity index (χ3v) is 2.25. The number of aldehydes is 1. The second-order valence-corrected chi connectivity index (χ2v) is 3.44. The summed E-state index contributed by atoms with van der Waals surface area (Å²) < 4.78 is 0. The highest BCUT2D eigenvalue weighted by atomic mass is 35.5. The lowest BCUT2D eigenvalue weighted by atomic mass is 10.1. The number of hydrogen-bond donors (Lipinski definition) is 0. The van der Waals surface area contributed by atoms with Gasteiger partial charge >= 0.3 is 0 Å². The zero-order chi connectivity index (χ0) is 10.6. The van der Waals surface area contributed by atoms with Crippen LogP contribution >= 0.6 is 23.2 Å². The zero-order valence-corrected chi connectivity index (χ0v) is 9.12. The Morgan fingerprint density at radius 2 is 2.07 bits per heavy atom. The van der Waals surface area contributed by atoms with E-state index in [9.17, 15) is 4.79 Å². The average molecular weight is 227 g/mol. The average Bonchev–Trinajstić information content (AvgIpc) is 2.18. The summed E-state index contributed by atoms with van der Waals surface area (Å²) in [6.07, 6.45) is 1.43. The molecule has 1 rings (SSSR count). The summed E-state index contributed by atoms with van der Waals surface area (Å²) in [5.74, 6) is 5.76. The molecule has 72 valence electrons. The highest BCUT2D eigenvalue weighted by Gasteiger charge is 2.04. The molecule has 0 radical (unpaired) electrons. The third kappa shape index (κ3) is 2.51. The lowest BCUT2D eigenvalue weighted by molar-refractivity contribution is 0.112. The van der Waals surface area contributed by atoms with Crippen LogP contribution in [0.15, 0.2) is 12.1 Å². The summed E-state index contributed by atoms with van der Waals surface area (Å²) >= 11 is 11.7. The van der Waals surface area contributed by atoms with Crippen molar-refractivity contribution in [3.05, 3.63) is 33.3 Å². The molecular weight excluding hydrogens is 219 g/mol. The van der Waals surface area contributed by atoms with Gasteiger partial charge in [0.1, 0.15) is 0 Å². The second-order valence-electron chi connectivity index (χ2n) is 2.63. The molecule has 1 aromatic carbocycles. The van der Waals surface area contributed by atoms with Gasteiger partial charge in [-0.1, -0.05) is 42.0 Å². The Kier molecular flexibility index (Phi) is 4.00. The van der Waals surface area contributed by atoms with Crippen molar-refractivity contribution in [2.45, 2.75) is 13.3 Å². The van der Waals surface area contributed by atoms with E-state index in [1.54, 1.807) is 6.07 Å². The van der Waals surface area contributed by atoms with E-state index >= 15 is 0 Å². The van der Waals surface area contributed by atoms with Crippen LogP contribution in [0.4, 0.5) is 0 Å². The van der Waals surface area contributed by atoms with Gasteiger partial charge in [-0.25, -0.2) is 0 Å². The molecule has 0 N–H and O–H groups in total. The highest BCUT2D eigenvalue weighted by molar-refractivity contribution is 6.35. The minimum Gasteiger partial charge on any atom is -0.298 e. The van der Waals surface area contributed by atoms with E-state index in [4.69, 9.17) is 23.2 Å². The van der Waals surface area contributed by atoms with Crippen LogP contribution in [0.2, 0.25) is 10.0 Å². The molecule has 3 heteroatoms. The van der Waals surface area contributed by atoms with Gasteiger partial charge in [-0.2, -0.15) is 0 Å². The lowest BCUT2D eigenvalue weighted by Gasteiger charge is -1.99. The molecule has 14 heavy (non-hydrogen) atoms. The predicted molar refractivity (Wildman–Crippen MR) is 59.0 cm³/mol. The summed E-state index contributed by atoms with van der Waals surface area (Å²) in [6, 6.07) is 3.13. The molecule has 0 heterocycles. The van der Waals surface area contributed by atoms with Gasteiger partial charge in [0.15, 0.2) is 6.29 Å². The fourth-order valence-electron chi connectivity index (χ4n) is 0.932. The fourth-order valence-corrected chi connectivity index (χ4v) is 1.36. The van der Waals surface area contributed by atoms with Gasteiger partial charge in [-0.3, -0.25) is 4.79 Å². The molecule has 0 bridgehead atoms. The van der Waals surface area contributed by atoms with Gasteiger partial charge in [0.25, 0.3) is 0 Å². The largest absolute Gasteiger partial charge is 0.298 e. The van der Waals surface area contributed by atoms with Crippen LogP contribution in [0.5, 0.6) is 0 Å². The fraction of sp³-hybridized carbons (Fsp3) is 0.182. The van der Waals surface area contributed by atoms with Crippen molar-refractivity contribution in [3.8, 4) is 11.8 Å². The lowest BCUT2D eigenvalue weighted by Crippen LogP contribution is -1.85. The number of benzene rings is 1. The van der Waals surface area contributed by atoms with Gasteiger partial charge in [0, 0.05) is 17.5 Å². The van der Waals surface area contributed by atoms with Crippen LogP contribution < -0.4 is 0 Å². The minimum atomic E-state index is 0.379. The number of rotatable bonds is 1. The number of carbonyl (C=O) groups excluding carboxylic acids is 1. The van der Waals surface area contributed by atoms with Gasteiger partial charge in [-0.15, -0.1) is 0 Å². The van der Waals surface area contributed by atoms with Gasteiger partial charge in [0.2, 0.25) is 0 Å². The van der Waals surface area contributed by atoms with Crippen LogP contribution in [0.25, 0.3) is 0 Å². The van der Waals surface area contributed by atoms with Gasteiger partial charge in [-0.05, 0) is 12.1 Å². The van der Waals surface area contributed by atoms with Crippen molar-refractivity contribution in [2.75, 3.05) is 0 Å². The van der Waals surface area contributed by atoms with E-state index in [0.29, 0.717) is 27.5 Å². The van der Waals surface area contributed by atoms with Crippen molar-refractivity contribution in [1.29, 1.82) is 0 Å². The molecule has 0 amide bonds. The highest BCUT2D eigenvalue weighted by Crippen LogP contribution is 2.23. The van der Waals surface area contributed by atoms with E-state index in [-0.39, 0.29) is 0 Å². The molecule has 1 aromatic rings. The molecule has 0 spiro atoms. The standard InChI is InChI=1S/C11H8Cl2O/c1-2-3-4-8-5-11(13)9(7-14)6-10(8)12/h5-7H,2H2,1H3. The number of hydrogen-bond acceptors (Lipinski definition) is 1. The van der Waals surface area contributed by atoms with E-state index in [1.165, 1.54) is 6.07 Å². The molecule has 0 aliphatic rings. The van der Waals surface area contributed by atoms with Gasteiger partial charge in [0.05, 0.1) is 10.0 Å². The van der Waals surface area contributed by atoms with Gasteiger partial charge < -0.3 is 0 Å². The molecule has 0 unspecified atom stereocenters. The monoisotopic (exact) mass is 226 g/mol. The van der Waals surface area contributed by atoms with Crippen molar-refractivity contribution in [3.63, 3.8) is 0 Å². The summed E-state index contributed by atoms with van der Waals surface area (Å²) in [6.45, 7) is 1.95. The number of halogens is 2. The first-order valence-electron chi connectivity index (χ1n) is 4.12. The zero-order valence-electron chi connectivity index (χ0n) is 7.60. The summed E-state index contributed by atoms with van der Waals surface area (Å²) in [4.78, 5) is 10.5. The van der Waals surface area contributed by atoms with Crippen molar-refractivity contribution in [1.82, 2.24) is 0 Å². The Bertz CT molecular complexity index is 413. The molecule has 0 aromatic heterocycles. The number of carbonyl (C=O) groups is 1. The molecule has 0 aliphatic heterocycles. The quantitative estimate of drug-likeness (QED) is 0.529. The van der Waals surface area contributed by atoms with Crippen LogP contribution in [-0.4, -0.2) is 6.29 Å². The first-order valence-corrected chi connectivity index (χ1v) is 4.87. The molecule has 0 saturated heterocycles. The first kappa shape index (κ1) is 11.1. The smallest absolute Gasteiger partial charge is 0.151 e. The van der Waals surface area contributed by atoms with Crippen LogP contribution in [0, 0.1) is 11.8 Å². The Hall–Kier alpha value is -0.970. The maximum Gasteiger partial charge on any atom is 0.151 e. The van der Waals surface area contributed by atoms with E-state index in [2.05, 4.69) is 11.8 Å². The first-order chi connectivity index (χ1) is 6.69. The molecule has 1 nitrogen and oxygen atoms in total. The Morgan fingerprint density at radius 3 is 2.64 bits per heavy atom. The Morgan fingerprint density at radius 1 is 1.36 bits per heavy atom. The Labute approximate surface area is 93.0 Å². The summed E-state index contributed by atoms with van der Waals surface area (Å²) in [5, 5.41) is 0.835. The summed E-state index contributed by atoms with van der Waals surface area (Å²) in [7, 11) is 0. The topological polar surface area (TPSA) is 17.1 Å². The third-order valence-electron chi connectivity index (χ3n) is 1.61. The van der Waals surface area contributed by atoms with Crippen LogP contribution in [0.1, 0.15) is 29.3 Å². The van der Waals surface area contributed by atoms with E-state index in [1.807, 2.05) is 6.92 Å². The predicted octanol–water partition coefficient (Wildman–Crippen LogP) is 3.57. The summed E-state index contributed by atoms with van der Waals surface area (Å²) in [5.41, 5.74) is 1.04. The van der Waals surface area contributed by atoms with E-state index < -0.39 is 0 Å². The molecule has 0 atom stereocenters. The van der Waals surface area contributed by atoms with E-state index in [0.717, 1.165) is 6.42 Å². The second kappa shape index (κ2) is 5.05.